The summed E-state index contributed by atoms with van der Waals surface area (Å²) < 4.78 is 11.2. The maximum Gasteiger partial charge on any atom is 0.157 e. The smallest absolute Gasteiger partial charge is 0.157 e. The van der Waals surface area contributed by atoms with E-state index in [0.717, 1.165) is 25.9 Å². The van der Waals surface area contributed by atoms with Crippen molar-refractivity contribution < 1.29 is 14.6 Å². The summed E-state index contributed by atoms with van der Waals surface area (Å²) >= 11 is 0. The molecule has 3 N–H and O–H groups in total. The van der Waals surface area contributed by atoms with Gasteiger partial charge in [-0.25, -0.2) is 0 Å². The van der Waals surface area contributed by atoms with Gasteiger partial charge in [-0.15, -0.1) is 0 Å². The Kier molecular flexibility index (Phi) is 9.74. The van der Waals surface area contributed by atoms with Crippen molar-refractivity contribution in [2.24, 2.45) is 5.73 Å². The van der Waals surface area contributed by atoms with Crippen LogP contribution in [0.15, 0.2) is 0 Å². The monoisotopic (exact) mass is 247 g/mol. The maximum absolute atomic E-state index is 9.51. The predicted molar refractivity (Wildman–Crippen MR) is 69.8 cm³/mol. The zero-order chi connectivity index (χ0) is 11.8. The molecule has 0 bridgehead atoms. The van der Waals surface area contributed by atoms with Crippen LogP contribution in [0.2, 0.25) is 0 Å². The summed E-state index contributed by atoms with van der Waals surface area (Å²) in [7, 11) is 0. The largest absolute Gasteiger partial charge is 0.391 e. The Morgan fingerprint density at radius 3 is 2.76 bits per heavy atom. The number of hydrogen-bond acceptors (Lipinski definition) is 4. The molecular weight excluding hydrogens is 218 g/mol. The van der Waals surface area contributed by atoms with Gasteiger partial charge in [-0.3, -0.25) is 0 Å². The first-order chi connectivity index (χ1) is 7.74. The molecule has 3 atom stereocenters. The molecule has 0 radical (unpaired) electrons. The molecule has 4 nitrogen and oxygen atoms in total. The van der Waals surface area contributed by atoms with Gasteiger partial charge in [0.15, 0.2) is 6.29 Å². The Morgan fingerprint density at radius 1 is 1.35 bits per heavy atom. The zero-order valence-electron chi connectivity index (χ0n) is 10.2. The second-order valence-corrected chi connectivity index (χ2v) is 4.48. The lowest BCUT2D eigenvalue weighted by molar-refractivity contribution is -0.157. The summed E-state index contributed by atoms with van der Waals surface area (Å²) in [5.41, 5.74) is 5.78. The van der Waals surface area contributed by atoms with Crippen molar-refractivity contribution in [1.29, 1.82) is 0 Å². The van der Waals surface area contributed by atoms with E-state index in [2.05, 4.69) is 0 Å². The van der Waals surface area contributed by atoms with Crippen LogP contribution in [0.4, 0.5) is 0 Å². The molecular formula is C13H29NO3. The van der Waals surface area contributed by atoms with Gasteiger partial charge >= 0.3 is 0 Å². The van der Waals surface area contributed by atoms with E-state index in [9.17, 15) is 5.11 Å². The summed E-state index contributed by atoms with van der Waals surface area (Å²) in [4.78, 5) is 0. The maximum atomic E-state index is 9.51. The Labute approximate surface area is 105 Å². The van der Waals surface area contributed by atoms with Crippen LogP contribution in [-0.2, 0) is 9.47 Å². The first-order valence-electron chi connectivity index (χ1n) is 6.41. The summed E-state index contributed by atoms with van der Waals surface area (Å²) in [5.74, 6) is 0. The van der Waals surface area contributed by atoms with Crippen molar-refractivity contribution in [1.82, 2.24) is 0 Å². The van der Waals surface area contributed by atoms with Crippen molar-refractivity contribution >= 4 is 0 Å². The van der Waals surface area contributed by atoms with Gasteiger partial charge in [0.05, 0.1) is 18.8 Å². The highest BCUT2D eigenvalue weighted by Gasteiger charge is 2.17. The fourth-order valence-electron chi connectivity index (χ4n) is 1.83. The summed E-state index contributed by atoms with van der Waals surface area (Å²) in [5, 5.41) is 9.51. The minimum atomic E-state index is -0.478. The van der Waals surface area contributed by atoms with Crippen LogP contribution in [0.1, 0.15) is 52.9 Å². The van der Waals surface area contributed by atoms with Gasteiger partial charge in [0.25, 0.3) is 0 Å². The van der Waals surface area contributed by atoms with E-state index in [1.807, 2.05) is 6.92 Å². The van der Waals surface area contributed by atoms with Crippen LogP contribution in [0.25, 0.3) is 0 Å². The Balaban J connectivity index is 0.00000256. The lowest BCUT2D eigenvalue weighted by atomic mass is 10.1. The van der Waals surface area contributed by atoms with Gasteiger partial charge in [-0.2, -0.15) is 0 Å². The number of nitrogens with two attached hydrogens (primary N) is 1. The molecule has 1 rings (SSSR count). The van der Waals surface area contributed by atoms with Gasteiger partial charge < -0.3 is 20.3 Å². The van der Waals surface area contributed by atoms with Crippen LogP contribution < -0.4 is 5.73 Å². The van der Waals surface area contributed by atoms with Crippen molar-refractivity contribution in [2.45, 2.75) is 71.3 Å². The van der Waals surface area contributed by atoms with E-state index in [4.69, 9.17) is 15.2 Å². The van der Waals surface area contributed by atoms with Gasteiger partial charge in [-0.05, 0) is 25.7 Å². The predicted octanol–water partition coefficient (Wildman–Crippen LogP) is 2.04. The van der Waals surface area contributed by atoms with Gasteiger partial charge in [0, 0.05) is 6.61 Å². The van der Waals surface area contributed by atoms with Crippen molar-refractivity contribution in [2.75, 3.05) is 13.2 Å². The van der Waals surface area contributed by atoms with Crippen LogP contribution in [0, 0.1) is 0 Å². The van der Waals surface area contributed by atoms with E-state index in [1.165, 1.54) is 12.8 Å². The number of ether oxygens (including phenoxy) is 2. The number of aliphatic hydroxyl groups is 1. The molecule has 1 fully saturated rings. The molecule has 1 aliphatic rings. The molecule has 0 spiro atoms. The third-order valence-electron chi connectivity index (χ3n) is 3.02. The minimum Gasteiger partial charge on any atom is -0.391 e. The van der Waals surface area contributed by atoms with Crippen molar-refractivity contribution in [3.63, 3.8) is 0 Å². The fraction of sp³-hybridized carbons (Fsp3) is 1.00. The summed E-state index contributed by atoms with van der Waals surface area (Å²) in [6, 6.07) is -0.306. The average Bonchev–Trinajstić information content (AvgIpc) is 2.26. The highest BCUT2D eigenvalue weighted by molar-refractivity contribution is 4.69. The third-order valence-corrected chi connectivity index (χ3v) is 3.02. The molecule has 0 aromatic carbocycles. The third kappa shape index (κ3) is 6.99. The standard InChI is InChI=1S/C12H25NO3.CH4/c1-2-11(14)10(13)9-16-12-7-5-3-4-6-8-15-12;/h10-12,14H,2-9,13H2,1H3;1H4. The fourth-order valence-corrected chi connectivity index (χ4v) is 1.83. The molecule has 0 saturated carbocycles. The number of aliphatic hydroxyl groups excluding tert-OH is 1. The first-order valence-corrected chi connectivity index (χ1v) is 6.41. The number of rotatable bonds is 5. The van der Waals surface area contributed by atoms with Crippen LogP contribution in [0.5, 0.6) is 0 Å². The van der Waals surface area contributed by atoms with E-state index >= 15 is 0 Å². The molecule has 3 unspecified atom stereocenters. The quantitative estimate of drug-likeness (QED) is 0.780. The van der Waals surface area contributed by atoms with E-state index in [1.54, 1.807) is 0 Å². The number of hydrogen-bond donors (Lipinski definition) is 2. The second-order valence-electron chi connectivity index (χ2n) is 4.48. The Bertz CT molecular complexity index is 170. The molecule has 0 amide bonds. The highest BCUT2D eigenvalue weighted by Crippen LogP contribution is 2.14. The molecule has 17 heavy (non-hydrogen) atoms. The Morgan fingerprint density at radius 2 is 2.06 bits per heavy atom. The molecule has 1 aliphatic heterocycles. The van der Waals surface area contributed by atoms with E-state index in [0.29, 0.717) is 13.0 Å². The van der Waals surface area contributed by atoms with Crippen molar-refractivity contribution in [3.05, 3.63) is 0 Å². The molecule has 1 saturated heterocycles. The van der Waals surface area contributed by atoms with Gasteiger partial charge in [0.1, 0.15) is 0 Å². The molecule has 0 aliphatic carbocycles. The molecule has 4 heteroatoms. The summed E-state index contributed by atoms with van der Waals surface area (Å²) in [6.45, 7) is 3.06. The lowest BCUT2D eigenvalue weighted by Gasteiger charge is -2.24. The van der Waals surface area contributed by atoms with Crippen LogP contribution in [-0.4, -0.2) is 36.8 Å². The first kappa shape index (κ1) is 16.8. The highest BCUT2D eigenvalue weighted by atomic mass is 16.7. The normalized spacial score (nSPS) is 25.2. The zero-order valence-corrected chi connectivity index (χ0v) is 10.2. The second kappa shape index (κ2) is 9.83. The van der Waals surface area contributed by atoms with Crippen LogP contribution in [0.3, 0.4) is 0 Å². The minimum absolute atomic E-state index is 0. The van der Waals surface area contributed by atoms with Gasteiger partial charge in [0.2, 0.25) is 0 Å². The average molecular weight is 247 g/mol. The van der Waals surface area contributed by atoms with Crippen LogP contribution >= 0.6 is 0 Å². The van der Waals surface area contributed by atoms with E-state index in [-0.39, 0.29) is 19.8 Å². The summed E-state index contributed by atoms with van der Waals surface area (Å²) in [6.07, 6.45) is 5.77. The molecule has 1 heterocycles. The topological polar surface area (TPSA) is 64.7 Å². The molecule has 104 valence electrons. The SMILES string of the molecule is C.CCC(O)C(N)COC1CCCCCCO1. The molecule has 0 aromatic heterocycles. The van der Waals surface area contributed by atoms with Gasteiger partial charge in [-0.1, -0.05) is 27.2 Å². The van der Waals surface area contributed by atoms with Crippen molar-refractivity contribution in [3.8, 4) is 0 Å². The van der Waals surface area contributed by atoms with E-state index < -0.39 is 6.10 Å². The molecule has 0 aromatic rings. The Hall–Kier alpha value is -0.160. The lowest BCUT2D eigenvalue weighted by Crippen LogP contribution is -2.40.